The standard InChI is InChI=1S/C13H21NO4S2/c1-10-7-13(19-12(10)9-15)20(16,17)14(2)8-11-5-3-4-6-18-11/h7,11,15H,3-6,8-9H2,1-2H3. The van der Waals surface area contributed by atoms with Crippen LogP contribution in [0, 0.1) is 6.92 Å². The molecule has 0 amide bonds. The van der Waals surface area contributed by atoms with Crippen LogP contribution in [0.4, 0.5) is 0 Å². The molecule has 114 valence electrons. The Morgan fingerprint density at radius 3 is 2.80 bits per heavy atom. The molecule has 1 aromatic heterocycles. The average Bonchev–Trinajstić information content (AvgIpc) is 2.81. The second-order valence-electron chi connectivity index (χ2n) is 5.10. The van der Waals surface area contributed by atoms with Gasteiger partial charge in [-0.1, -0.05) is 0 Å². The van der Waals surface area contributed by atoms with Gasteiger partial charge in [-0.25, -0.2) is 8.42 Å². The summed E-state index contributed by atoms with van der Waals surface area (Å²) in [6.07, 6.45) is 3.04. The van der Waals surface area contributed by atoms with Gasteiger partial charge < -0.3 is 9.84 Å². The van der Waals surface area contributed by atoms with Crippen LogP contribution in [-0.4, -0.2) is 44.1 Å². The van der Waals surface area contributed by atoms with Gasteiger partial charge in [0.05, 0.1) is 12.7 Å². The maximum atomic E-state index is 12.5. The van der Waals surface area contributed by atoms with Crippen LogP contribution in [0.15, 0.2) is 10.3 Å². The lowest BCUT2D eigenvalue weighted by atomic mass is 10.1. The molecule has 1 fully saturated rings. The van der Waals surface area contributed by atoms with Gasteiger partial charge in [0.25, 0.3) is 10.0 Å². The molecule has 1 aromatic rings. The highest BCUT2D eigenvalue weighted by molar-refractivity contribution is 7.91. The molecule has 2 heterocycles. The van der Waals surface area contributed by atoms with Gasteiger partial charge in [0.2, 0.25) is 0 Å². The average molecular weight is 319 g/mol. The van der Waals surface area contributed by atoms with E-state index in [1.807, 2.05) is 6.92 Å². The molecule has 0 saturated carbocycles. The smallest absolute Gasteiger partial charge is 0.252 e. The molecule has 1 atom stereocenters. The summed E-state index contributed by atoms with van der Waals surface area (Å²) in [5.41, 5.74) is 0.818. The number of hydrogen-bond acceptors (Lipinski definition) is 5. The van der Waals surface area contributed by atoms with Crippen LogP contribution in [0.2, 0.25) is 0 Å². The quantitative estimate of drug-likeness (QED) is 0.898. The van der Waals surface area contributed by atoms with Gasteiger partial charge in [-0.3, -0.25) is 0 Å². The zero-order valence-corrected chi connectivity index (χ0v) is 13.5. The van der Waals surface area contributed by atoms with Crippen molar-refractivity contribution in [3.8, 4) is 0 Å². The first-order chi connectivity index (χ1) is 9.45. The van der Waals surface area contributed by atoms with E-state index >= 15 is 0 Å². The van der Waals surface area contributed by atoms with Crippen LogP contribution in [-0.2, 0) is 21.4 Å². The van der Waals surface area contributed by atoms with Crippen molar-refractivity contribution in [2.75, 3.05) is 20.2 Å². The first kappa shape index (κ1) is 15.9. The highest BCUT2D eigenvalue weighted by Crippen LogP contribution is 2.28. The Bertz CT molecular complexity index is 547. The van der Waals surface area contributed by atoms with Gasteiger partial charge in [-0.2, -0.15) is 4.31 Å². The number of rotatable bonds is 5. The van der Waals surface area contributed by atoms with Crippen molar-refractivity contribution in [2.45, 2.75) is 43.1 Å². The molecule has 1 saturated heterocycles. The zero-order chi connectivity index (χ0) is 14.8. The second kappa shape index (κ2) is 6.53. The molecule has 0 spiro atoms. The fraction of sp³-hybridized carbons (Fsp3) is 0.692. The zero-order valence-electron chi connectivity index (χ0n) is 11.8. The lowest BCUT2D eigenvalue weighted by molar-refractivity contribution is 0.00860. The summed E-state index contributed by atoms with van der Waals surface area (Å²) in [5.74, 6) is 0. The fourth-order valence-electron chi connectivity index (χ4n) is 2.26. The van der Waals surface area contributed by atoms with Crippen LogP contribution in [0.3, 0.4) is 0 Å². The predicted molar refractivity (Wildman–Crippen MR) is 78.4 cm³/mol. The molecule has 0 bridgehead atoms. The molecule has 5 nitrogen and oxygen atoms in total. The van der Waals surface area contributed by atoms with Crippen molar-refractivity contribution in [2.24, 2.45) is 0 Å². The largest absolute Gasteiger partial charge is 0.391 e. The minimum atomic E-state index is -3.49. The van der Waals surface area contributed by atoms with E-state index in [0.717, 1.165) is 36.2 Å². The van der Waals surface area contributed by atoms with Crippen molar-refractivity contribution in [3.63, 3.8) is 0 Å². The van der Waals surface area contributed by atoms with Crippen LogP contribution >= 0.6 is 11.3 Å². The Labute approximate surface area is 124 Å². The Hall–Kier alpha value is -0.470. The molecule has 7 heteroatoms. The second-order valence-corrected chi connectivity index (χ2v) is 8.51. The maximum Gasteiger partial charge on any atom is 0.252 e. The summed E-state index contributed by atoms with van der Waals surface area (Å²) in [6, 6.07) is 1.63. The summed E-state index contributed by atoms with van der Waals surface area (Å²) in [7, 11) is -1.91. The number of thiophene rings is 1. The molecule has 1 unspecified atom stereocenters. The molecule has 1 aliphatic heterocycles. The molecule has 0 aromatic carbocycles. The predicted octanol–water partition coefficient (Wildman–Crippen LogP) is 1.74. The maximum absolute atomic E-state index is 12.5. The highest BCUT2D eigenvalue weighted by Gasteiger charge is 2.27. The SMILES string of the molecule is Cc1cc(S(=O)(=O)N(C)CC2CCCCO2)sc1CO. The number of aliphatic hydroxyl groups excluding tert-OH is 1. The van der Waals surface area contributed by atoms with Crippen LogP contribution in [0.1, 0.15) is 29.7 Å². The first-order valence-electron chi connectivity index (χ1n) is 6.73. The Morgan fingerprint density at radius 2 is 2.25 bits per heavy atom. The number of nitrogens with zero attached hydrogens (tertiary/aromatic N) is 1. The topological polar surface area (TPSA) is 66.8 Å². The minimum absolute atomic E-state index is 0.0121. The van der Waals surface area contributed by atoms with Crippen molar-refractivity contribution in [1.29, 1.82) is 0 Å². The van der Waals surface area contributed by atoms with Gasteiger partial charge in [-0.15, -0.1) is 11.3 Å². The molecule has 0 radical (unpaired) electrons. The summed E-state index contributed by atoms with van der Waals surface area (Å²) in [4.78, 5) is 0.700. The number of likely N-dealkylation sites (N-methyl/N-ethyl adjacent to an activating group) is 1. The Balaban J connectivity index is 2.11. The lowest BCUT2D eigenvalue weighted by Gasteiger charge is -2.26. The Kier molecular flexibility index (Phi) is 5.19. The van der Waals surface area contributed by atoms with Crippen molar-refractivity contribution < 1.29 is 18.3 Å². The van der Waals surface area contributed by atoms with E-state index in [-0.39, 0.29) is 16.9 Å². The van der Waals surface area contributed by atoms with E-state index in [1.54, 1.807) is 13.1 Å². The van der Waals surface area contributed by atoms with E-state index in [2.05, 4.69) is 0 Å². The third-order valence-electron chi connectivity index (χ3n) is 3.54. The first-order valence-corrected chi connectivity index (χ1v) is 8.99. The third kappa shape index (κ3) is 3.40. The van der Waals surface area contributed by atoms with E-state index in [0.29, 0.717) is 18.0 Å². The van der Waals surface area contributed by atoms with Gasteiger partial charge in [0.1, 0.15) is 4.21 Å². The van der Waals surface area contributed by atoms with Gasteiger partial charge in [-0.05, 0) is 37.8 Å². The number of hydrogen-bond donors (Lipinski definition) is 1. The van der Waals surface area contributed by atoms with Crippen molar-refractivity contribution in [1.82, 2.24) is 4.31 Å². The van der Waals surface area contributed by atoms with E-state index in [9.17, 15) is 13.5 Å². The number of ether oxygens (including phenoxy) is 1. The van der Waals surface area contributed by atoms with Gasteiger partial charge in [0.15, 0.2) is 0 Å². The van der Waals surface area contributed by atoms with Gasteiger partial charge in [0, 0.05) is 25.1 Å². The normalized spacial score (nSPS) is 20.5. The van der Waals surface area contributed by atoms with Crippen LogP contribution in [0.25, 0.3) is 0 Å². The minimum Gasteiger partial charge on any atom is -0.391 e. The summed E-state index contributed by atoms with van der Waals surface area (Å²) >= 11 is 1.14. The monoisotopic (exact) mass is 319 g/mol. The highest BCUT2D eigenvalue weighted by atomic mass is 32.2. The van der Waals surface area contributed by atoms with E-state index < -0.39 is 10.0 Å². The molecule has 2 rings (SSSR count). The van der Waals surface area contributed by atoms with E-state index in [4.69, 9.17) is 4.74 Å². The molecule has 1 N–H and O–H groups in total. The van der Waals surface area contributed by atoms with Crippen LogP contribution in [0.5, 0.6) is 0 Å². The lowest BCUT2D eigenvalue weighted by Crippen LogP contribution is -2.36. The third-order valence-corrected chi connectivity index (χ3v) is 7.04. The van der Waals surface area contributed by atoms with Crippen molar-refractivity contribution in [3.05, 3.63) is 16.5 Å². The number of aryl methyl sites for hydroxylation is 1. The summed E-state index contributed by atoms with van der Waals surface area (Å²) < 4.78 is 32.2. The fourth-order valence-corrected chi connectivity index (χ4v) is 5.13. The molecule has 0 aliphatic carbocycles. The van der Waals surface area contributed by atoms with E-state index in [1.165, 1.54) is 4.31 Å². The summed E-state index contributed by atoms with van der Waals surface area (Å²) in [5, 5.41) is 9.18. The Morgan fingerprint density at radius 1 is 1.50 bits per heavy atom. The molecule has 20 heavy (non-hydrogen) atoms. The van der Waals surface area contributed by atoms with Crippen LogP contribution < -0.4 is 0 Å². The number of aliphatic hydroxyl groups is 1. The molecule has 1 aliphatic rings. The molecular weight excluding hydrogens is 298 g/mol. The summed E-state index contributed by atoms with van der Waals surface area (Å²) in [6.45, 7) is 2.78. The molecular formula is C13H21NO4S2. The van der Waals surface area contributed by atoms with Crippen molar-refractivity contribution >= 4 is 21.4 Å². The van der Waals surface area contributed by atoms with Gasteiger partial charge >= 0.3 is 0 Å². The number of sulfonamides is 1.